The topological polar surface area (TPSA) is 9.23 Å². The average molecular weight is 251 g/mol. The van der Waals surface area contributed by atoms with E-state index >= 15 is 0 Å². The molecular weight excluding hydrogens is 242 g/mol. The van der Waals surface area contributed by atoms with E-state index in [0.29, 0.717) is 17.3 Å². The lowest BCUT2D eigenvalue weighted by Crippen LogP contribution is -1.98. The predicted octanol–water partition coefficient (Wildman–Crippen LogP) is 2.91. The molecule has 0 aliphatic heterocycles. The van der Waals surface area contributed by atoms with Crippen molar-refractivity contribution in [3.63, 3.8) is 0 Å². The lowest BCUT2D eigenvalue weighted by molar-refractivity contribution is 0.400. The van der Waals surface area contributed by atoms with Crippen LogP contribution in [0.15, 0.2) is 12.1 Å². The Labute approximate surface area is 83.8 Å². The fourth-order valence-electron chi connectivity index (χ4n) is 1.10. The molecule has 0 atom stereocenters. The molecule has 0 spiro atoms. The highest BCUT2D eigenvalue weighted by molar-refractivity contribution is 9.09. The van der Waals surface area contributed by atoms with Crippen LogP contribution < -0.4 is 4.74 Å². The highest BCUT2D eigenvalue weighted by Gasteiger charge is 2.10. The zero-order valence-electron chi connectivity index (χ0n) is 7.11. The van der Waals surface area contributed by atoms with Crippen molar-refractivity contribution in [2.24, 2.45) is 0 Å². The molecule has 0 unspecified atom stereocenters. The van der Waals surface area contributed by atoms with Gasteiger partial charge in [-0.05, 0) is 6.42 Å². The second-order valence-corrected chi connectivity index (χ2v) is 3.30. The van der Waals surface area contributed by atoms with Crippen LogP contribution in [0, 0.1) is 11.6 Å². The summed E-state index contributed by atoms with van der Waals surface area (Å²) in [6, 6.07) is 2.04. The summed E-state index contributed by atoms with van der Waals surface area (Å²) in [5.74, 6) is -0.916. The maximum atomic E-state index is 13.1. The molecule has 0 amide bonds. The maximum absolute atomic E-state index is 13.1. The van der Waals surface area contributed by atoms with Gasteiger partial charge < -0.3 is 4.74 Å². The van der Waals surface area contributed by atoms with Crippen LogP contribution in [0.2, 0.25) is 0 Å². The molecule has 4 heteroatoms. The Bertz CT molecular complexity index is 302. The van der Waals surface area contributed by atoms with Crippen molar-refractivity contribution in [2.75, 3.05) is 12.4 Å². The first-order valence-corrected chi connectivity index (χ1v) is 4.89. The maximum Gasteiger partial charge on any atom is 0.133 e. The SMILES string of the molecule is COc1cc(F)cc(F)c1CCBr. The van der Waals surface area contributed by atoms with Gasteiger partial charge in [-0.25, -0.2) is 8.78 Å². The van der Waals surface area contributed by atoms with Gasteiger partial charge in [0.05, 0.1) is 7.11 Å². The highest BCUT2D eigenvalue weighted by atomic mass is 79.9. The summed E-state index contributed by atoms with van der Waals surface area (Å²) in [6.07, 6.45) is 0.481. The fourth-order valence-corrected chi connectivity index (χ4v) is 1.50. The van der Waals surface area contributed by atoms with Gasteiger partial charge in [0.25, 0.3) is 0 Å². The van der Waals surface area contributed by atoms with Crippen LogP contribution in [-0.4, -0.2) is 12.4 Å². The summed E-state index contributed by atoms with van der Waals surface area (Å²) >= 11 is 3.19. The van der Waals surface area contributed by atoms with Gasteiger partial charge in [-0.15, -0.1) is 0 Å². The van der Waals surface area contributed by atoms with Crippen LogP contribution in [0.5, 0.6) is 5.75 Å². The molecule has 0 radical (unpaired) electrons. The minimum absolute atomic E-state index is 0.261. The quantitative estimate of drug-likeness (QED) is 0.750. The Morgan fingerprint density at radius 1 is 1.38 bits per heavy atom. The fraction of sp³-hybridized carbons (Fsp3) is 0.333. The molecular formula is C9H9BrF2O. The van der Waals surface area contributed by atoms with E-state index in [2.05, 4.69) is 15.9 Å². The number of hydrogen-bond donors (Lipinski definition) is 0. The van der Waals surface area contributed by atoms with E-state index in [0.717, 1.165) is 6.07 Å². The molecule has 0 fully saturated rings. The molecule has 0 bridgehead atoms. The standard InChI is InChI=1S/C9H9BrF2O/c1-13-9-5-6(11)4-8(12)7(9)2-3-10/h4-5H,2-3H2,1H3. The van der Waals surface area contributed by atoms with Crippen LogP contribution in [0.3, 0.4) is 0 Å². The van der Waals surface area contributed by atoms with Gasteiger partial charge in [0.1, 0.15) is 17.4 Å². The van der Waals surface area contributed by atoms with Gasteiger partial charge in [0.2, 0.25) is 0 Å². The molecule has 0 N–H and O–H groups in total. The van der Waals surface area contributed by atoms with Crippen LogP contribution >= 0.6 is 15.9 Å². The molecule has 0 aliphatic rings. The number of hydrogen-bond acceptors (Lipinski definition) is 1. The van der Waals surface area contributed by atoms with Crippen molar-refractivity contribution in [3.05, 3.63) is 29.3 Å². The van der Waals surface area contributed by atoms with Crippen molar-refractivity contribution >= 4 is 15.9 Å². The van der Waals surface area contributed by atoms with Crippen LogP contribution in [0.1, 0.15) is 5.56 Å². The largest absolute Gasteiger partial charge is 0.496 e. The Kier molecular flexibility index (Phi) is 3.66. The Balaban J connectivity index is 3.13. The van der Waals surface area contributed by atoms with Gasteiger partial charge in [-0.3, -0.25) is 0 Å². The summed E-state index contributed by atoms with van der Waals surface area (Å²) in [5, 5.41) is 0.617. The summed E-state index contributed by atoms with van der Waals surface area (Å²) < 4.78 is 30.7. The number of ether oxygens (including phenoxy) is 1. The van der Waals surface area contributed by atoms with E-state index in [-0.39, 0.29) is 5.75 Å². The van der Waals surface area contributed by atoms with E-state index in [4.69, 9.17) is 4.74 Å². The molecule has 1 nitrogen and oxygen atoms in total. The third-order valence-electron chi connectivity index (χ3n) is 1.68. The molecule has 72 valence electrons. The van der Waals surface area contributed by atoms with Crippen molar-refractivity contribution in [3.8, 4) is 5.75 Å². The Morgan fingerprint density at radius 2 is 2.08 bits per heavy atom. The normalized spacial score (nSPS) is 10.2. The number of rotatable bonds is 3. The molecule has 0 aliphatic carbocycles. The van der Waals surface area contributed by atoms with Crippen LogP contribution in [0.25, 0.3) is 0 Å². The van der Waals surface area contributed by atoms with Gasteiger partial charge in [-0.2, -0.15) is 0 Å². The molecule has 1 aromatic carbocycles. The minimum atomic E-state index is -0.618. The summed E-state index contributed by atoms with van der Waals surface area (Å²) in [4.78, 5) is 0. The van der Waals surface area contributed by atoms with Crippen molar-refractivity contribution < 1.29 is 13.5 Å². The van der Waals surface area contributed by atoms with Gasteiger partial charge in [0.15, 0.2) is 0 Å². The van der Waals surface area contributed by atoms with Crippen LogP contribution in [-0.2, 0) is 6.42 Å². The van der Waals surface area contributed by atoms with Gasteiger partial charge >= 0.3 is 0 Å². The number of alkyl halides is 1. The van der Waals surface area contributed by atoms with Crippen molar-refractivity contribution in [1.82, 2.24) is 0 Å². The average Bonchev–Trinajstić information content (AvgIpc) is 2.09. The number of halogens is 3. The first kappa shape index (κ1) is 10.4. The van der Waals surface area contributed by atoms with Crippen LogP contribution in [0.4, 0.5) is 8.78 Å². The van der Waals surface area contributed by atoms with E-state index in [1.54, 1.807) is 0 Å². The summed E-state index contributed by atoms with van der Waals surface area (Å²) in [5.41, 5.74) is 0.403. The van der Waals surface area contributed by atoms with Crippen molar-refractivity contribution in [1.29, 1.82) is 0 Å². The molecule has 1 rings (SSSR count). The van der Waals surface area contributed by atoms with Crippen molar-refractivity contribution in [2.45, 2.75) is 6.42 Å². The molecule has 1 aromatic rings. The minimum Gasteiger partial charge on any atom is -0.496 e. The zero-order valence-corrected chi connectivity index (χ0v) is 8.70. The second kappa shape index (κ2) is 4.56. The molecule has 0 heterocycles. The van der Waals surface area contributed by atoms with E-state index < -0.39 is 11.6 Å². The summed E-state index contributed by atoms with van der Waals surface area (Å²) in [7, 11) is 1.39. The number of methoxy groups -OCH3 is 1. The van der Waals surface area contributed by atoms with E-state index in [1.165, 1.54) is 13.2 Å². The Hall–Kier alpha value is -0.640. The zero-order chi connectivity index (χ0) is 9.84. The summed E-state index contributed by atoms with van der Waals surface area (Å²) in [6.45, 7) is 0. The molecule has 0 aromatic heterocycles. The molecule has 0 saturated heterocycles. The highest BCUT2D eigenvalue weighted by Crippen LogP contribution is 2.23. The third kappa shape index (κ3) is 2.40. The first-order valence-electron chi connectivity index (χ1n) is 3.77. The lowest BCUT2D eigenvalue weighted by Gasteiger charge is -2.08. The molecule has 0 saturated carbocycles. The predicted molar refractivity (Wildman–Crippen MR) is 50.4 cm³/mol. The van der Waals surface area contributed by atoms with E-state index in [9.17, 15) is 8.78 Å². The van der Waals surface area contributed by atoms with Gasteiger partial charge in [-0.1, -0.05) is 15.9 Å². The molecule has 13 heavy (non-hydrogen) atoms. The Morgan fingerprint density at radius 3 is 2.62 bits per heavy atom. The van der Waals surface area contributed by atoms with Gasteiger partial charge in [0, 0.05) is 23.0 Å². The number of benzene rings is 1. The third-order valence-corrected chi connectivity index (χ3v) is 2.08. The second-order valence-electron chi connectivity index (χ2n) is 2.51. The smallest absolute Gasteiger partial charge is 0.133 e. The monoisotopic (exact) mass is 250 g/mol. The lowest BCUT2D eigenvalue weighted by atomic mass is 10.1. The van der Waals surface area contributed by atoms with E-state index in [1.807, 2.05) is 0 Å². The first-order chi connectivity index (χ1) is 6.19.